The van der Waals surface area contributed by atoms with Crippen molar-refractivity contribution in [3.05, 3.63) is 59.5 Å². The van der Waals surface area contributed by atoms with Crippen LogP contribution in [0, 0.1) is 12.3 Å². The number of carbonyl (C=O) groups excluding carboxylic acids is 1. The standard InChI is InChI=1S/C25H23N3O3S2/c1-4-14-31-20-11-7-18(8-12-20)17-5-9-19(10-6-17)26-23(29)21-16-22-24(32-21)27-25(33-22)28(2)13-15-30-3/h1,5-12,16H,13-15H2,2-3H3,(H,26,29). The molecule has 0 atom stereocenters. The molecular weight excluding hydrogens is 454 g/mol. The first-order valence-corrected chi connectivity index (χ1v) is 11.9. The van der Waals surface area contributed by atoms with Gasteiger partial charge in [0.2, 0.25) is 0 Å². The summed E-state index contributed by atoms with van der Waals surface area (Å²) in [5, 5.41) is 3.89. The van der Waals surface area contributed by atoms with Gasteiger partial charge in [-0.15, -0.1) is 17.8 Å². The van der Waals surface area contributed by atoms with Gasteiger partial charge in [0.05, 0.1) is 16.2 Å². The van der Waals surface area contributed by atoms with Crippen molar-refractivity contribution in [3.63, 3.8) is 0 Å². The fraction of sp³-hybridized carbons (Fsp3) is 0.200. The summed E-state index contributed by atoms with van der Waals surface area (Å²) in [6, 6.07) is 17.4. The molecule has 1 amide bonds. The first-order valence-electron chi connectivity index (χ1n) is 10.3. The molecule has 0 bridgehead atoms. The first-order chi connectivity index (χ1) is 16.1. The quantitative estimate of drug-likeness (QED) is 0.328. The van der Waals surface area contributed by atoms with Crippen LogP contribution in [-0.4, -0.2) is 44.8 Å². The Hall–Kier alpha value is -3.38. The molecule has 8 heteroatoms. The molecule has 33 heavy (non-hydrogen) atoms. The van der Waals surface area contributed by atoms with E-state index in [0.717, 1.165) is 43.8 Å². The van der Waals surface area contributed by atoms with Crippen molar-refractivity contribution < 1.29 is 14.3 Å². The van der Waals surface area contributed by atoms with Crippen molar-refractivity contribution in [1.82, 2.24) is 4.98 Å². The molecule has 4 aromatic rings. The predicted octanol–water partition coefficient (Wildman–Crippen LogP) is 5.37. The highest BCUT2D eigenvalue weighted by atomic mass is 32.1. The van der Waals surface area contributed by atoms with Crippen LogP contribution in [0.5, 0.6) is 5.75 Å². The van der Waals surface area contributed by atoms with Crippen LogP contribution in [0.25, 0.3) is 20.7 Å². The van der Waals surface area contributed by atoms with Gasteiger partial charge in [-0.3, -0.25) is 4.79 Å². The fourth-order valence-corrected chi connectivity index (χ4v) is 5.22. The molecule has 0 fully saturated rings. The third kappa shape index (κ3) is 5.52. The zero-order valence-corrected chi connectivity index (χ0v) is 20.0. The van der Waals surface area contributed by atoms with Crippen LogP contribution >= 0.6 is 22.7 Å². The Bertz CT molecular complexity index is 1240. The van der Waals surface area contributed by atoms with Crippen molar-refractivity contribution in [1.29, 1.82) is 0 Å². The Balaban J connectivity index is 1.39. The molecule has 4 rings (SSSR count). The lowest BCUT2D eigenvalue weighted by Crippen LogP contribution is -2.21. The molecule has 0 spiro atoms. The number of likely N-dealkylation sites (N-methyl/N-ethyl adjacent to an activating group) is 1. The number of amides is 1. The zero-order chi connectivity index (χ0) is 23.2. The highest BCUT2D eigenvalue weighted by Crippen LogP contribution is 2.34. The summed E-state index contributed by atoms with van der Waals surface area (Å²) >= 11 is 2.98. The average Bonchev–Trinajstić information content (AvgIpc) is 3.42. The second-order valence-electron chi connectivity index (χ2n) is 7.24. The van der Waals surface area contributed by atoms with E-state index in [1.807, 2.05) is 61.6 Å². The van der Waals surface area contributed by atoms with Gasteiger partial charge in [0, 0.05) is 26.4 Å². The molecule has 6 nitrogen and oxygen atoms in total. The Labute approximate surface area is 200 Å². The van der Waals surface area contributed by atoms with Crippen molar-refractivity contribution >= 4 is 48.9 Å². The van der Waals surface area contributed by atoms with Gasteiger partial charge < -0.3 is 19.7 Å². The largest absolute Gasteiger partial charge is 0.481 e. The maximum atomic E-state index is 12.7. The summed E-state index contributed by atoms with van der Waals surface area (Å²) in [5.41, 5.74) is 2.83. The lowest BCUT2D eigenvalue weighted by Gasteiger charge is -2.14. The minimum atomic E-state index is -0.137. The number of benzene rings is 2. The molecule has 0 aliphatic heterocycles. The SMILES string of the molecule is C#CCOc1ccc(-c2ccc(NC(=O)c3cc4sc(N(C)CCOC)nc4s3)cc2)cc1. The van der Waals surface area contributed by atoms with Crippen molar-refractivity contribution in [2.75, 3.05) is 44.1 Å². The van der Waals surface area contributed by atoms with Crippen molar-refractivity contribution in [3.8, 4) is 29.2 Å². The number of hydrogen-bond donors (Lipinski definition) is 1. The van der Waals surface area contributed by atoms with Crippen LogP contribution < -0.4 is 15.0 Å². The molecule has 0 aliphatic rings. The van der Waals surface area contributed by atoms with Crippen LogP contribution in [0.15, 0.2) is 54.6 Å². The number of aromatic nitrogens is 1. The van der Waals surface area contributed by atoms with E-state index in [9.17, 15) is 4.79 Å². The molecule has 1 N–H and O–H groups in total. The molecule has 0 radical (unpaired) electrons. The number of nitrogens with one attached hydrogen (secondary N) is 1. The van der Waals surface area contributed by atoms with Crippen LogP contribution in [0.4, 0.5) is 10.8 Å². The molecule has 2 heterocycles. The second-order valence-corrected chi connectivity index (χ2v) is 9.28. The second kappa shape index (κ2) is 10.5. The van der Waals surface area contributed by atoms with E-state index in [1.165, 1.54) is 11.3 Å². The summed E-state index contributed by atoms with van der Waals surface area (Å²) in [7, 11) is 3.67. The third-order valence-corrected chi connectivity index (χ3v) is 7.19. The minimum Gasteiger partial charge on any atom is -0.481 e. The van der Waals surface area contributed by atoms with E-state index in [0.29, 0.717) is 11.5 Å². The number of thiazole rings is 1. The summed E-state index contributed by atoms with van der Waals surface area (Å²) in [6.07, 6.45) is 5.22. The van der Waals surface area contributed by atoms with Gasteiger partial charge in [-0.25, -0.2) is 4.98 Å². The number of fused-ring (bicyclic) bond motifs is 1. The summed E-state index contributed by atoms with van der Waals surface area (Å²) in [4.78, 5) is 21.0. The van der Waals surface area contributed by atoms with E-state index in [1.54, 1.807) is 18.4 Å². The number of hydrogen-bond acceptors (Lipinski definition) is 7. The van der Waals surface area contributed by atoms with Crippen molar-refractivity contribution in [2.24, 2.45) is 0 Å². The maximum absolute atomic E-state index is 12.7. The highest BCUT2D eigenvalue weighted by Gasteiger charge is 2.16. The first kappa shape index (κ1) is 22.8. The monoisotopic (exact) mass is 477 g/mol. The predicted molar refractivity (Wildman–Crippen MR) is 137 cm³/mol. The minimum absolute atomic E-state index is 0.137. The molecule has 2 aromatic carbocycles. The molecule has 0 saturated carbocycles. The van der Waals surface area contributed by atoms with Gasteiger partial charge in [0.15, 0.2) is 5.13 Å². The smallest absolute Gasteiger partial charge is 0.265 e. The number of rotatable bonds is 9. The van der Waals surface area contributed by atoms with Crippen LogP contribution in [0.2, 0.25) is 0 Å². The van der Waals surface area contributed by atoms with E-state index >= 15 is 0 Å². The van der Waals surface area contributed by atoms with Crippen LogP contribution in [0.3, 0.4) is 0 Å². The number of thiophene rings is 1. The van der Waals surface area contributed by atoms with Gasteiger partial charge in [-0.2, -0.15) is 0 Å². The van der Waals surface area contributed by atoms with Gasteiger partial charge in [-0.05, 0) is 41.5 Å². The molecule has 168 valence electrons. The maximum Gasteiger partial charge on any atom is 0.265 e. The highest BCUT2D eigenvalue weighted by molar-refractivity contribution is 7.29. The molecule has 2 aromatic heterocycles. The summed E-state index contributed by atoms with van der Waals surface area (Å²) < 4.78 is 11.5. The zero-order valence-electron chi connectivity index (χ0n) is 18.3. The number of anilines is 2. The Morgan fingerprint density at radius 3 is 2.45 bits per heavy atom. The van der Waals surface area contributed by atoms with Gasteiger partial charge in [0.1, 0.15) is 17.2 Å². The molecule has 0 saturated heterocycles. The van der Waals surface area contributed by atoms with E-state index < -0.39 is 0 Å². The molecule has 0 unspecified atom stereocenters. The number of carbonyl (C=O) groups is 1. The van der Waals surface area contributed by atoms with Crippen molar-refractivity contribution in [2.45, 2.75) is 0 Å². The van der Waals surface area contributed by atoms with E-state index in [-0.39, 0.29) is 12.5 Å². The number of nitrogens with zero attached hydrogens (tertiary/aromatic N) is 2. The average molecular weight is 478 g/mol. The van der Waals surface area contributed by atoms with Gasteiger partial charge in [0.25, 0.3) is 5.91 Å². The number of terminal acetylenes is 1. The Morgan fingerprint density at radius 1 is 1.12 bits per heavy atom. The third-order valence-electron chi connectivity index (χ3n) is 4.91. The lowest BCUT2D eigenvalue weighted by molar-refractivity contribution is 0.103. The van der Waals surface area contributed by atoms with E-state index in [4.69, 9.17) is 15.9 Å². The van der Waals surface area contributed by atoms with Crippen LogP contribution in [0.1, 0.15) is 9.67 Å². The lowest BCUT2D eigenvalue weighted by atomic mass is 10.1. The number of ether oxygens (including phenoxy) is 2. The number of methoxy groups -OCH3 is 1. The van der Waals surface area contributed by atoms with Gasteiger partial charge in [-0.1, -0.05) is 41.5 Å². The van der Waals surface area contributed by atoms with Crippen LogP contribution in [-0.2, 0) is 4.74 Å². The molecule has 0 aliphatic carbocycles. The Morgan fingerprint density at radius 2 is 1.82 bits per heavy atom. The molecular formula is C25H23N3O3S2. The van der Waals surface area contributed by atoms with E-state index in [2.05, 4.69) is 21.1 Å². The summed E-state index contributed by atoms with van der Waals surface area (Å²) in [6.45, 7) is 1.66. The normalized spacial score (nSPS) is 10.7. The summed E-state index contributed by atoms with van der Waals surface area (Å²) in [5.74, 6) is 3.05. The topological polar surface area (TPSA) is 63.7 Å². The Kier molecular flexibility index (Phi) is 7.25. The van der Waals surface area contributed by atoms with Gasteiger partial charge >= 0.3 is 0 Å². The fourth-order valence-electron chi connectivity index (χ4n) is 3.13.